The van der Waals surface area contributed by atoms with Crippen molar-refractivity contribution in [2.75, 3.05) is 27.3 Å². The summed E-state index contributed by atoms with van der Waals surface area (Å²) in [6, 6.07) is 4.26. The molecule has 1 aliphatic heterocycles. The van der Waals surface area contributed by atoms with Crippen molar-refractivity contribution in [1.82, 2.24) is 10.6 Å². The van der Waals surface area contributed by atoms with E-state index < -0.39 is 0 Å². The summed E-state index contributed by atoms with van der Waals surface area (Å²) in [5.74, 6) is 1.79. The van der Waals surface area contributed by atoms with Gasteiger partial charge in [0.05, 0.1) is 33.4 Å². The molecule has 0 saturated carbocycles. The number of hydrogen-bond acceptors (Lipinski definition) is 3. The number of likely N-dealkylation sites (N-methyl/N-ethyl adjacent to an activating group) is 1. The summed E-state index contributed by atoms with van der Waals surface area (Å²) in [7, 11) is 3.34. The topological polar surface area (TPSA) is 64.0 Å². The maximum atomic E-state index is 12.7. The minimum atomic E-state index is -0.274. The van der Waals surface area contributed by atoms with Gasteiger partial charge in [-0.3, -0.25) is 0 Å². The minimum Gasteiger partial charge on any atom is -0.493 e. The molecule has 2 rings (SSSR count). The molecule has 3 N–H and O–H groups in total. The number of carbonyl (C=O) groups is 1. The van der Waals surface area contributed by atoms with Gasteiger partial charge in [-0.25, -0.2) is 4.79 Å². The Morgan fingerprint density at radius 1 is 1.21 bits per heavy atom. The molecule has 0 fully saturated rings. The monoisotopic (exact) mass is 392 g/mol. The normalized spacial score (nSPS) is 20.3. The second-order valence-electron chi connectivity index (χ2n) is 9.01. The molecule has 2 amide bonds. The van der Waals surface area contributed by atoms with Crippen molar-refractivity contribution in [3.63, 3.8) is 0 Å². The zero-order valence-electron chi connectivity index (χ0n) is 18.7. The van der Waals surface area contributed by atoms with E-state index in [0.29, 0.717) is 0 Å². The molecule has 0 saturated heterocycles. The van der Waals surface area contributed by atoms with Crippen molar-refractivity contribution < 1.29 is 19.2 Å². The van der Waals surface area contributed by atoms with E-state index in [9.17, 15) is 4.79 Å². The van der Waals surface area contributed by atoms with E-state index in [1.165, 1.54) is 16.0 Å². The first kappa shape index (κ1) is 22.3. The Hall–Kier alpha value is -1.95. The summed E-state index contributed by atoms with van der Waals surface area (Å²) in [6.45, 7) is 14.6. The number of carbonyl (C=O) groups excluding carboxylic acids is 1. The van der Waals surface area contributed by atoms with Crippen LogP contribution in [-0.4, -0.2) is 44.9 Å². The predicted octanol–water partition coefficient (Wildman–Crippen LogP) is 2.33. The SMILES string of the molecule is CC[NH+]1CCc2cc(OC)c(OC)cc2[C@H]1[C@H](NC(=O)NC(C)(C)C)C(C)C. The van der Waals surface area contributed by atoms with E-state index >= 15 is 0 Å². The molecular formula is C22H38N3O3+. The number of benzene rings is 1. The maximum Gasteiger partial charge on any atom is 0.315 e. The van der Waals surface area contributed by atoms with Crippen LogP contribution in [0.25, 0.3) is 0 Å². The number of hydrogen-bond donors (Lipinski definition) is 3. The fourth-order valence-electron chi connectivity index (χ4n) is 4.12. The van der Waals surface area contributed by atoms with Crippen LogP contribution in [-0.2, 0) is 6.42 Å². The number of urea groups is 1. The van der Waals surface area contributed by atoms with Crippen molar-refractivity contribution in [1.29, 1.82) is 0 Å². The van der Waals surface area contributed by atoms with Gasteiger partial charge in [0.15, 0.2) is 11.5 Å². The third kappa shape index (κ3) is 5.10. The molecule has 28 heavy (non-hydrogen) atoms. The van der Waals surface area contributed by atoms with Crippen LogP contribution in [0, 0.1) is 5.92 Å². The van der Waals surface area contributed by atoms with Gasteiger partial charge in [-0.15, -0.1) is 0 Å². The molecule has 6 heteroatoms. The van der Waals surface area contributed by atoms with E-state index in [2.05, 4.69) is 43.5 Å². The summed E-state index contributed by atoms with van der Waals surface area (Å²) in [5.41, 5.74) is 2.25. The molecule has 3 atom stereocenters. The molecule has 1 heterocycles. The molecule has 1 aromatic rings. The fourth-order valence-corrected chi connectivity index (χ4v) is 4.12. The largest absolute Gasteiger partial charge is 0.493 e. The van der Waals surface area contributed by atoms with Gasteiger partial charge in [0.25, 0.3) is 0 Å². The lowest BCUT2D eigenvalue weighted by Gasteiger charge is -2.40. The molecule has 1 aromatic carbocycles. The Kier molecular flexibility index (Phi) is 7.21. The number of ether oxygens (including phenoxy) is 2. The lowest BCUT2D eigenvalue weighted by molar-refractivity contribution is -0.934. The number of nitrogens with one attached hydrogen (secondary N) is 3. The summed E-state index contributed by atoms with van der Waals surface area (Å²) in [6.07, 6.45) is 0.994. The van der Waals surface area contributed by atoms with Crippen LogP contribution in [0.2, 0.25) is 0 Å². The van der Waals surface area contributed by atoms with E-state index in [-0.39, 0.29) is 29.6 Å². The van der Waals surface area contributed by atoms with Crippen LogP contribution >= 0.6 is 0 Å². The average molecular weight is 393 g/mol. The summed E-state index contributed by atoms with van der Waals surface area (Å²) in [5, 5.41) is 6.31. The summed E-state index contributed by atoms with van der Waals surface area (Å²) >= 11 is 0. The predicted molar refractivity (Wildman–Crippen MR) is 112 cm³/mol. The zero-order chi connectivity index (χ0) is 21.1. The van der Waals surface area contributed by atoms with Crippen LogP contribution in [0.15, 0.2) is 12.1 Å². The highest BCUT2D eigenvalue weighted by Crippen LogP contribution is 2.36. The van der Waals surface area contributed by atoms with Crippen molar-refractivity contribution in [3.8, 4) is 11.5 Å². The van der Waals surface area contributed by atoms with Gasteiger partial charge in [0, 0.05) is 17.5 Å². The highest BCUT2D eigenvalue weighted by atomic mass is 16.5. The molecule has 1 unspecified atom stereocenters. The second-order valence-corrected chi connectivity index (χ2v) is 9.01. The van der Waals surface area contributed by atoms with Crippen molar-refractivity contribution >= 4 is 6.03 Å². The molecule has 0 spiro atoms. The molecule has 6 nitrogen and oxygen atoms in total. The van der Waals surface area contributed by atoms with Gasteiger partial charge in [-0.2, -0.15) is 0 Å². The average Bonchev–Trinajstić information content (AvgIpc) is 2.62. The summed E-state index contributed by atoms with van der Waals surface area (Å²) < 4.78 is 11.1. The van der Waals surface area contributed by atoms with E-state index in [4.69, 9.17) is 9.47 Å². The molecule has 0 aliphatic carbocycles. The van der Waals surface area contributed by atoms with E-state index in [1.807, 2.05) is 20.8 Å². The van der Waals surface area contributed by atoms with Crippen LogP contribution in [0.5, 0.6) is 11.5 Å². The molecule has 0 aromatic heterocycles. The Morgan fingerprint density at radius 2 is 1.82 bits per heavy atom. The van der Waals surface area contributed by atoms with Crippen LogP contribution in [0.1, 0.15) is 58.7 Å². The number of fused-ring (bicyclic) bond motifs is 1. The Bertz CT molecular complexity index is 682. The second kappa shape index (κ2) is 9.03. The zero-order valence-corrected chi connectivity index (χ0v) is 18.7. The number of rotatable bonds is 6. The van der Waals surface area contributed by atoms with Gasteiger partial charge >= 0.3 is 6.03 Å². The number of methoxy groups -OCH3 is 2. The molecule has 0 bridgehead atoms. The van der Waals surface area contributed by atoms with Gasteiger partial charge in [-0.05, 0) is 51.3 Å². The first-order chi connectivity index (χ1) is 13.1. The van der Waals surface area contributed by atoms with E-state index in [1.54, 1.807) is 14.2 Å². The molecule has 158 valence electrons. The standard InChI is InChI=1S/C22H37N3O3/c1-9-25-11-10-15-12-17(27-7)18(28-8)13-16(15)20(25)19(14(2)3)23-21(26)24-22(4,5)6/h12-14,19-20H,9-11H2,1-8H3,(H2,23,24,26)/p+1/t19-,20+/m1/s1. The Labute approximate surface area is 170 Å². The van der Waals surface area contributed by atoms with E-state index in [0.717, 1.165) is 31.0 Å². The quantitative estimate of drug-likeness (QED) is 0.696. The first-order valence-corrected chi connectivity index (χ1v) is 10.3. The van der Waals surface area contributed by atoms with Crippen molar-refractivity contribution in [2.45, 2.75) is 65.6 Å². The maximum absolute atomic E-state index is 12.7. The number of amides is 2. The van der Waals surface area contributed by atoms with Crippen molar-refractivity contribution in [3.05, 3.63) is 23.3 Å². The third-order valence-corrected chi connectivity index (χ3v) is 5.45. The van der Waals surface area contributed by atoms with Gasteiger partial charge < -0.3 is 25.0 Å². The Morgan fingerprint density at radius 3 is 2.32 bits per heavy atom. The molecule has 0 radical (unpaired) electrons. The van der Waals surface area contributed by atoms with Crippen LogP contribution in [0.4, 0.5) is 4.79 Å². The van der Waals surface area contributed by atoms with Gasteiger partial charge in [0.2, 0.25) is 0 Å². The van der Waals surface area contributed by atoms with Gasteiger partial charge in [-0.1, -0.05) is 13.8 Å². The van der Waals surface area contributed by atoms with Crippen LogP contribution < -0.4 is 25.0 Å². The highest BCUT2D eigenvalue weighted by Gasteiger charge is 2.40. The first-order valence-electron chi connectivity index (χ1n) is 10.3. The summed E-state index contributed by atoms with van der Waals surface area (Å²) in [4.78, 5) is 14.2. The van der Waals surface area contributed by atoms with Gasteiger partial charge in [0.1, 0.15) is 6.04 Å². The number of quaternary nitrogens is 1. The minimum absolute atomic E-state index is 0.00875. The van der Waals surface area contributed by atoms with Crippen molar-refractivity contribution in [2.24, 2.45) is 5.92 Å². The lowest BCUT2D eigenvalue weighted by Crippen LogP contribution is -3.14. The fraction of sp³-hybridized carbons (Fsp3) is 0.682. The molecular weight excluding hydrogens is 354 g/mol. The van der Waals surface area contributed by atoms with Crippen LogP contribution in [0.3, 0.4) is 0 Å². The Balaban J connectivity index is 2.45. The lowest BCUT2D eigenvalue weighted by atomic mass is 9.83. The molecule has 1 aliphatic rings. The third-order valence-electron chi connectivity index (χ3n) is 5.45. The highest BCUT2D eigenvalue weighted by molar-refractivity contribution is 5.75. The smallest absolute Gasteiger partial charge is 0.315 e.